The SMILES string of the molecule is O=C(CC1CCc2ccccc2N1)NCC1CNC(=O)O1. The van der Waals surface area contributed by atoms with Gasteiger partial charge in [0.1, 0.15) is 6.10 Å². The number of hydrogen-bond acceptors (Lipinski definition) is 4. The Morgan fingerprint density at radius 1 is 1.38 bits per heavy atom. The van der Waals surface area contributed by atoms with E-state index in [1.807, 2.05) is 18.2 Å². The van der Waals surface area contributed by atoms with Crippen molar-refractivity contribution in [3.8, 4) is 0 Å². The molecule has 0 aromatic heterocycles. The van der Waals surface area contributed by atoms with Crippen LogP contribution in [0.25, 0.3) is 0 Å². The Hall–Kier alpha value is -2.24. The molecule has 2 aliphatic heterocycles. The van der Waals surface area contributed by atoms with Gasteiger partial charge in [0, 0.05) is 18.2 Å². The Morgan fingerprint density at radius 3 is 3.05 bits per heavy atom. The second-order valence-corrected chi connectivity index (χ2v) is 5.45. The minimum Gasteiger partial charge on any atom is -0.442 e. The van der Waals surface area contributed by atoms with Crippen molar-refractivity contribution in [2.45, 2.75) is 31.4 Å². The molecule has 112 valence electrons. The summed E-state index contributed by atoms with van der Waals surface area (Å²) in [6, 6.07) is 8.34. The molecule has 0 spiro atoms. The predicted octanol–water partition coefficient (Wildman–Crippen LogP) is 1.03. The Labute approximate surface area is 123 Å². The topological polar surface area (TPSA) is 79.5 Å². The number of alkyl carbamates (subject to hydrolysis) is 1. The smallest absolute Gasteiger partial charge is 0.407 e. The Bertz CT molecular complexity index is 547. The second kappa shape index (κ2) is 6.03. The van der Waals surface area contributed by atoms with Gasteiger partial charge in [-0.15, -0.1) is 0 Å². The number of cyclic esters (lactones) is 1. The van der Waals surface area contributed by atoms with E-state index in [0.29, 0.717) is 19.5 Å². The van der Waals surface area contributed by atoms with Gasteiger partial charge >= 0.3 is 6.09 Å². The molecule has 0 saturated carbocycles. The lowest BCUT2D eigenvalue weighted by Gasteiger charge is -2.26. The van der Waals surface area contributed by atoms with E-state index < -0.39 is 6.09 Å². The summed E-state index contributed by atoms with van der Waals surface area (Å²) in [7, 11) is 0. The highest BCUT2D eigenvalue weighted by Gasteiger charge is 2.24. The predicted molar refractivity (Wildman–Crippen MR) is 78.1 cm³/mol. The molecule has 0 aliphatic carbocycles. The number of carbonyl (C=O) groups is 2. The number of carbonyl (C=O) groups excluding carboxylic acids is 2. The minimum atomic E-state index is -0.417. The molecule has 6 heteroatoms. The van der Waals surface area contributed by atoms with Crippen LogP contribution in [0.3, 0.4) is 0 Å². The van der Waals surface area contributed by atoms with E-state index in [9.17, 15) is 9.59 Å². The molecular formula is C15H19N3O3. The normalized spacial score (nSPS) is 23.5. The molecule has 1 saturated heterocycles. The van der Waals surface area contributed by atoms with Crippen LogP contribution in [0.5, 0.6) is 0 Å². The van der Waals surface area contributed by atoms with Gasteiger partial charge in [-0.25, -0.2) is 4.79 Å². The van der Waals surface area contributed by atoms with Crippen LogP contribution in [0.15, 0.2) is 24.3 Å². The number of nitrogens with one attached hydrogen (secondary N) is 3. The molecule has 3 rings (SSSR count). The maximum absolute atomic E-state index is 11.9. The van der Waals surface area contributed by atoms with Crippen molar-refractivity contribution in [2.24, 2.45) is 0 Å². The number of rotatable bonds is 4. The Kier molecular flexibility index (Phi) is 3.94. The first kappa shape index (κ1) is 13.7. The largest absolute Gasteiger partial charge is 0.442 e. The third kappa shape index (κ3) is 3.45. The van der Waals surface area contributed by atoms with Gasteiger partial charge in [0.2, 0.25) is 5.91 Å². The Balaban J connectivity index is 1.44. The van der Waals surface area contributed by atoms with E-state index in [1.165, 1.54) is 5.56 Å². The number of fused-ring (bicyclic) bond motifs is 1. The molecule has 2 atom stereocenters. The zero-order valence-electron chi connectivity index (χ0n) is 11.7. The van der Waals surface area contributed by atoms with Gasteiger partial charge < -0.3 is 20.7 Å². The highest BCUT2D eigenvalue weighted by Crippen LogP contribution is 2.25. The molecule has 0 bridgehead atoms. The number of para-hydroxylation sites is 1. The van der Waals surface area contributed by atoms with Crippen LogP contribution in [-0.4, -0.2) is 37.2 Å². The lowest BCUT2D eigenvalue weighted by atomic mass is 9.96. The van der Waals surface area contributed by atoms with Gasteiger partial charge in [-0.3, -0.25) is 4.79 Å². The maximum atomic E-state index is 11.9. The lowest BCUT2D eigenvalue weighted by Crippen LogP contribution is -2.37. The summed E-state index contributed by atoms with van der Waals surface area (Å²) >= 11 is 0. The Morgan fingerprint density at radius 2 is 2.24 bits per heavy atom. The first-order valence-corrected chi connectivity index (χ1v) is 7.26. The standard InChI is InChI=1S/C15H19N3O3/c19-14(16-8-12-9-17-15(20)21-12)7-11-6-5-10-3-1-2-4-13(10)18-11/h1-4,11-12,18H,5-9H2,(H,16,19)(H,17,20). The minimum absolute atomic E-state index is 0.0187. The van der Waals surface area contributed by atoms with Crippen LogP contribution in [-0.2, 0) is 16.0 Å². The maximum Gasteiger partial charge on any atom is 0.407 e. The summed E-state index contributed by atoms with van der Waals surface area (Å²) in [4.78, 5) is 22.8. The number of benzene rings is 1. The van der Waals surface area contributed by atoms with Crippen molar-refractivity contribution in [3.05, 3.63) is 29.8 Å². The summed E-state index contributed by atoms with van der Waals surface area (Å²) in [6.07, 6.45) is 1.69. The number of amides is 2. The molecule has 21 heavy (non-hydrogen) atoms. The van der Waals surface area contributed by atoms with Crippen molar-refractivity contribution in [1.82, 2.24) is 10.6 Å². The van der Waals surface area contributed by atoms with Crippen LogP contribution in [0.2, 0.25) is 0 Å². The molecule has 0 radical (unpaired) electrons. The number of anilines is 1. The molecule has 1 aromatic carbocycles. The van der Waals surface area contributed by atoms with E-state index >= 15 is 0 Å². The van der Waals surface area contributed by atoms with E-state index in [-0.39, 0.29) is 18.1 Å². The summed E-state index contributed by atoms with van der Waals surface area (Å²) in [5.41, 5.74) is 2.42. The van der Waals surface area contributed by atoms with E-state index in [0.717, 1.165) is 18.5 Å². The van der Waals surface area contributed by atoms with Crippen molar-refractivity contribution < 1.29 is 14.3 Å². The fourth-order valence-corrected chi connectivity index (χ4v) is 2.72. The fourth-order valence-electron chi connectivity index (χ4n) is 2.72. The zero-order chi connectivity index (χ0) is 14.7. The molecule has 6 nitrogen and oxygen atoms in total. The first-order chi connectivity index (χ1) is 10.2. The average molecular weight is 289 g/mol. The van der Waals surface area contributed by atoms with Crippen molar-refractivity contribution in [2.75, 3.05) is 18.4 Å². The number of ether oxygens (including phenoxy) is 1. The molecule has 2 heterocycles. The highest BCUT2D eigenvalue weighted by atomic mass is 16.6. The van der Waals surface area contributed by atoms with Crippen molar-refractivity contribution in [3.63, 3.8) is 0 Å². The number of aryl methyl sites for hydroxylation is 1. The fraction of sp³-hybridized carbons (Fsp3) is 0.467. The zero-order valence-corrected chi connectivity index (χ0v) is 11.7. The van der Waals surface area contributed by atoms with Crippen LogP contribution < -0.4 is 16.0 Å². The third-order valence-corrected chi connectivity index (χ3v) is 3.85. The first-order valence-electron chi connectivity index (χ1n) is 7.26. The molecule has 2 aliphatic rings. The number of hydrogen-bond donors (Lipinski definition) is 3. The van der Waals surface area contributed by atoms with Gasteiger partial charge in [-0.2, -0.15) is 0 Å². The van der Waals surface area contributed by atoms with E-state index in [4.69, 9.17) is 4.74 Å². The van der Waals surface area contributed by atoms with Crippen LogP contribution in [0, 0.1) is 0 Å². The highest BCUT2D eigenvalue weighted by molar-refractivity contribution is 5.77. The summed E-state index contributed by atoms with van der Waals surface area (Å²) in [5, 5.41) is 8.79. The summed E-state index contributed by atoms with van der Waals surface area (Å²) < 4.78 is 4.97. The summed E-state index contributed by atoms with van der Waals surface area (Å²) in [5.74, 6) is -0.0187. The lowest BCUT2D eigenvalue weighted by molar-refractivity contribution is -0.121. The van der Waals surface area contributed by atoms with Crippen LogP contribution in [0.1, 0.15) is 18.4 Å². The molecule has 1 fully saturated rings. The molecule has 2 amide bonds. The van der Waals surface area contributed by atoms with Crippen molar-refractivity contribution >= 4 is 17.7 Å². The molecule has 2 unspecified atom stereocenters. The van der Waals surface area contributed by atoms with Gasteiger partial charge in [-0.1, -0.05) is 18.2 Å². The van der Waals surface area contributed by atoms with Gasteiger partial charge in [0.25, 0.3) is 0 Å². The van der Waals surface area contributed by atoms with Gasteiger partial charge in [-0.05, 0) is 24.5 Å². The molecular weight excluding hydrogens is 270 g/mol. The van der Waals surface area contributed by atoms with Gasteiger partial charge in [0.05, 0.1) is 13.1 Å². The van der Waals surface area contributed by atoms with E-state index in [2.05, 4.69) is 22.0 Å². The summed E-state index contributed by atoms with van der Waals surface area (Å²) in [6.45, 7) is 0.815. The third-order valence-electron chi connectivity index (χ3n) is 3.85. The average Bonchev–Trinajstić information content (AvgIpc) is 2.91. The molecule has 1 aromatic rings. The molecule has 3 N–H and O–H groups in total. The van der Waals surface area contributed by atoms with Crippen molar-refractivity contribution in [1.29, 1.82) is 0 Å². The second-order valence-electron chi connectivity index (χ2n) is 5.45. The van der Waals surface area contributed by atoms with Crippen LogP contribution >= 0.6 is 0 Å². The van der Waals surface area contributed by atoms with Gasteiger partial charge in [0.15, 0.2) is 0 Å². The van der Waals surface area contributed by atoms with E-state index in [1.54, 1.807) is 0 Å². The van der Waals surface area contributed by atoms with Crippen LogP contribution in [0.4, 0.5) is 10.5 Å². The quantitative estimate of drug-likeness (QED) is 0.773. The monoisotopic (exact) mass is 289 g/mol.